The van der Waals surface area contributed by atoms with Gasteiger partial charge in [0.1, 0.15) is 11.5 Å². The van der Waals surface area contributed by atoms with Crippen LogP contribution >= 0.6 is 0 Å². The molecule has 3 nitrogen and oxygen atoms in total. The summed E-state index contributed by atoms with van der Waals surface area (Å²) in [7, 11) is 0. The van der Waals surface area contributed by atoms with Crippen molar-refractivity contribution in [1.29, 1.82) is 0 Å². The molecule has 0 fully saturated rings. The first kappa shape index (κ1) is 12.7. The highest BCUT2D eigenvalue weighted by Gasteiger charge is 2.05. The molecule has 1 atom stereocenters. The zero-order valence-electron chi connectivity index (χ0n) is 10.3. The van der Waals surface area contributed by atoms with E-state index in [1.54, 1.807) is 0 Å². The number of ether oxygens (including phenoxy) is 2. The van der Waals surface area contributed by atoms with E-state index >= 15 is 0 Å². The molecule has 0 bridgehead atoms. The average molecular weight is 223 g/mol. The Morgan fingerprint density at radius 3 is 2.69 bits per heavy atom. The monoisotopic (exact) mass is 223 g/mol. The average Bonchev–Trinajstić information content (AvgIpc) is 2.29. The van der Waals surface area contributed by atoms with Crippen LogP contribution in [0.15, 0.2) is 18.2 Å². The quantitative estimate of drug-likeness (QED) is 0.753. The molecule has 1 aromatic carbocycles. The highest BCUT2D eigenvalue weighted by molar-refractivity contribution is 5.55. The summed E-state index contributed by atoms with van der Waals surface area (Å²) in [6.45, 7) is 6.88. The first-order chi connectivity index (χ1) is 7.67. The van der Waals surface area contributed by atoms with Crippen molar-refractivity contribution in [3.8, 4) is 11.5 Å². The molecule has 0 heterocycles. The Morgan fingerprint density at radius 2 is 2.06 bits per heavy atom. The van der Waals surface area contributed by atoms with Gasteiger partial charge >= 0.3 is 0 Å². The van der Waals surface area contributed by atoms with Gasteiger partial charge in [-0.15, -0.1) is 0 Å². The molecule has 0 aliphatic rings. The predicted molar refractivity (Wildman–Crippen MR) is 67.0 cm³/mol. The largest absolute Gasteiger partial charge is 0.491 e. The molecule has 0 aliphatic heterocycles. The van der Waals surface area contributed by atoms with Gasteiger partial charge in [-0.3, -0.25) is 0 Å². The van der Waals surface area contributed by atoms with Crippen molar-refractivity contribution in [2.24, 2.45) is 0 Å². The number of nitrogens with two attached hydrogens (primary N) is 1. The zero-order chi connectivity index (χ0) is 12.0. The Morgan fingerprint density at radius 1 is 1.31 bits per heavy atom. The molecule has 0 aromatic heterocycles. The molecule has 1 unspecified atom stereocenters. The van der Waals surface area contributed by atoms with E-state index < -0.39 is 0 Å². The number of benzene rings is 1. The summed E-state index contributed by atoms with van der Waals surface area (Å²) in [5.41, 5.74) is 6.47. The number of rotatable bonds is 6. The molecule has 90 valence electrons. The van der Waals surface area contributed by atoms with Crippen LogP contribution in [0.5, 0.6) is 11.5 Å². The lowest BCUT2D eigenvalue weighted by Crippen LogP contribution is -2.10. The van der Waals surface area contributed by atoms with Crippen molar-refractivity contribution in [2.75, 3.05) is 12.3 Å². The van der Waals surface area contributed by atoms with Crippen LogP contribution in [-0.4, -0.2) is 12.7 Å². The molecule has 0 saturated heterocycles. The summed E-state index contributed by atoms with van der Waals surface area (Å²) < 4.78 is 11.2. The first-order valence-electron chi connectivity index (χ1n) is 5.86. The predicted octanol–water partition coefficient (Wildman–Crippen LogP) is 3.23. The Labute approximate surface area is 97.6 Å². The van der Waals surface area contributed by atoms with Crippen LogP contribution in [0.25, 0.3) is 0 Å². The van der Waals surface area contributed by atoms with Gasteiger partial charge in [-0.05, 0) is 31.9 Å². The van der Waals surface area contributed by atoms with Crippen molar-refractivity contribution < 1.29 is 9.47 Å². The summed E-state index contributed by atoms with van der Waals surface area (Å²) in [6.07, 6.45) is 2.16. The van der Waals surface area contributed by atoms with Gasteiger partial charge < -0.3 is 15.2 Å². The molecule has 0 saturated carbocycles. The number of anilines is 1. The van der Waals surface area contributed by atoms with E-state index in [0.29, 0.717) is 18.0 Å². The third-order valence-corrected chi connectivity index (χ3v) is 2.36. The minimum absolute atomic E-state index is 0.211. The normalized spacial score (nSPS) is 12.2. The van der Waals surface area contributed by atoms with Crippen LogP contribution in [0.1, 0.15) is 33.6 Å². The van der Waals surface area contributed by atoms with Gasteiger partial charge in [0.05, 0.1) is 18.4 Å². The van der Waals surface area contributed by atoms with E-state index in [1.807, 2.05) is 25.1 Å². The highest BCUT2D eigenvalue weighted by Crippen LogP contribution is 2.27. The second-order valence-corrected chi connectivity index (χ2v) is 3.88. The molecule has 16 heavy (non-hydrogen) atoms. The van der Waals surface area contributed by atoms with Crippen LogP contribution in [0.2, 0.25) is 0 Å². The van der Waals surface area contributed by atoms with Crippen molar-refractivity contribution in [1.82, 2.24) is 0 Å². The summed E-state index contributed by atoms with van der Waals surface area (Å²) in [4.78, 5) is 0. The van der Waals surface area contributed by atoms with Gasteiger partial charge in [0.25, 0.3) is 0 Å². The van der Waals surface area contributed by atoms with Gasteiger partial charge in [0, 0.05) is 6.07 Å². The fourth-order valence-corrected chi connectivity index (χ4v) is 1.24. The molecule has 0 amide bonds. The lowest BCUT2D eigenvalue weighted by Gasteiger charge is -2.14. The van der Waals surface area contributed by atoms with Crippen LogP contribution in [0.4, 0.5) is 5.69 Å². The lowest BCUT2D eigenvalue weighted by atomic mass is 10.2. The minimum Gasteiger partial charge on any atom is -0.491 e. The van der Waals surface area contributed by atoms with Crippen molar-refractivity contribution in [2.45, 2.75) is 39.7 Å². The van der Waals surface area contributed by atoms with E-state index in [9.17, 15) is 0 Å². The van der Waals surface area contributed by atoms with Crippen molar-refractivity contribution in [3.05, 3.63) is 18.2 Å². The number of hydrogen-bond acceptors (Lipinski definition) is 3. The molecule has 3 heteroatoms. The summed E-state index contributed by atoms with van der Waals surface area (Å²) in [5, 5.41) is 0. The van der Waals surface area contributed by atoms with Gasteiger partial charge in [-0.2, -0.15) is 0 Å². The standard InChI is InChI=1S/C13H21NO2/c1-4-8-15-13-9-11(6-7-12(13)14)16-10(3)5-2/h6-7,9-10H,4-5,8,14H2,1-3H3. The van der Waals surface area contributed by atoms with E-state index in [1.165, 1.54) is 0 Å². The Bertz CT molecular complexity index is 326. The highest BCUT2D eigenvalue weighted by atomic mass is 16.5. The maximum Gasteiger partial charge on any atom is 0.145 e. The zero-order valence-corrected chi connectivity index (χ0v) is 10.3. The van der Waals surface area contributed by atoms with Gasteiger partial charge in [0.2, 0.25) is 0 Å². The van der Waals surface area contributed by atoms with E-state index in [2.05, 4.69) is 13.8 Å². The van der Waals surface area contributed by atoms with Crippen molar-refractivity contribution in [3.63, 3.8) is 0 Å². The van der Waals surface area contributed by atoms with Crippen molar-refractivity contribution >= 4 is 5.69 Å². The molecule has 2 N–H and O–H groups in total. The van der Waals surface area contributed by atoms with Crippen LogP contribution in [0.3, 0.4) is 0 Å². The molecule has 0 radical (unpaired) electrons. The Kier molecular flexibility index (Phi) is 4.96. The van der Waals surface area contributed by atoms with Gasteiger partial charge in [0.15, 0.2) is 0 Å². The summed E-state index contributed by atoms with van der Waals surface area (Å²) in [5.74, 6) is 1.53. The third kappa shape index (κ3) is 3.65. The second-order valence-electron chi connectivity index (χ2n) is 3.88. The van der Waals surface area contributed by atoms with E-state index in [-0.39, 0.29) is 6.10 Å². The number of hydrogen-bond donors (Lipinski definition) is 1. The van der Waals surface area contributed by atoms with E-state index in [0.717, 1.165) is 18.6 Å². The molecular formula is C13H21NO2. The molecule has 0 spiro atoms. The maximum absolute atomic E-state index is 5.81. The molecule has 1 aromatic rings. The van der Waals surface area contributed by atoms with Gasteiger partial charge in [-0.1, -0.05) is 13.8 Å². The smallest absolute Gasteiger partial charge is 0.145 e. The fraction of sp³-hybridized carbons (Fsp3) is 0.538. The van der Waals surface area contributed by atoms with E-state index in [4.69, 9.17) is 15.2 Å². The summed E-state index contributed by atoms with van der Waals surface area (Å²) >= 11 is 0. The first-order valence-corrected chi connectivity index (χ1v) is 5.86. The molecule has 0 aliphatic carbocycles. The van der Waals surface area contributed by atoms with Crippen LogP contribution in [0, 0.1) is 0 Å². The maximum atomic E-state index is 5.81. The third-order valence-electron chi connectivity index (χ3n) is 2.36. The fourth-order valence-electron chi connectivity index (χ4n) is 1.24. The minimum atomic E-state index is 0.211. The second kappa shape index (κ2) is 6.26. The Hall–Kier alpha value is -1.38. The molecular weight excluding hydrogens is 202 g/mol. The van der Waals surface area contributed by atoms with Gasteiger partial charge in [-0.25, -0.2) is 0 Å². The number of nitrogen functional groups attached to an aromatic ring is 1. The summed E-state index contributed by atoms with van der Waals surface area (Å²) in [6, 6.07) is 5.56. The van der Waals surface area contributed by atoms with Crippen LogP contribution in [-0.2, 0) is 0 Å². The lowest BCUT2D eigenvalue weighted by molar-refractivity contribution is 0.216. The molecule has 1 rings (SSSR count). The Balaban J connectivity index is 2.72. The topological polar surface area (TPSA) is 44.5 Å². The van der Waals surface area contributed by atoms with Crippen LogP contribution < -0.4 is 15.2 Å². The SMILES string of the molecule is CCCOc1cc(OC(C)CC)ccc1N.